The summed E-state index contributed by atoms with van der Waals surface area (Å²) in [6, 6.07) is 0.262. The third-order valence-corrected chi connectivity index (χ3v) is 2.56. The van der Waals surface area contributed by atoms with Crippen molar-refractivity contribution < 1.29 is 43.9 Å². The number of anilines is 1. The number of benzene rings is 1. The van der Waals surface area contributed by atoms with E-state index in [1.54, 1.807) is 0 Å². The number of hydrogen-bond donors (Lipinski definition) is 1. The van der Waals surface area contributed by atoms with Gasteiger partial charge in [0.05, 0.1) is 11.3 Å². The van der Waals surface area contributed by atoms with E-state index in [0.717, 1.165) is 0 Å². The molecule has 0 saturated carbocycles. The fraction of sp³-hybridized carbons (Fsp3) is 0.400. The molecule has 1 rings (SSSR count). The molecule has 0 atom stereocenters. The van der Waals surface area contributed by atoms with Crippen LogP contribution in [0.3, 0.4) is 0 Å². The molecule has 0 aliphatic carbocycles. The van der Waals surface area contributed by atoms with Gasteiger partial charge in [-0.05, 0) is 6.07 Å². The average Bonchev–Trinajstić information content (AvgIpc) is 2.23. The molecule has 21 heavy (non-hydrogen) atoms. The predicted octanol–water partition coefficient (Wildman–Crippen LogP) is 4.58. The van der Waals surface area contributed by atoms with Crippen molar-refractivity contribution >= 4 is 5.69 Å². The second kappa shape index (κ2) is 4.67. The highest BCUT2D eigenvalue weighted by Crippen LogP contribution is 2.55. The molecule has 0 aliphatic rings. The molecule has 11 heteroatoms. The lowest BCUT2D eigenvalue weighted by Gasteiger charge is -2.31. The number of rotatable bonds is 1. The lowest BCUT2D eigenvalue weighted by molar-refractivity contribution is -0.348. The van der Waals surface area contributed by atoms with E-state index >= 15 is 0 Å². The summed E-state index contributed by atoms with van der Waals surface area (Å²) in [5.74, 6) is 0. The summed E-state index contributed by atoms with van der Waals surface area (Å²) in [6.45, 7) is 0. The molecule has 0 radical (unpaired) electrons. The number of nitrogens with two attached hydrogens (primary N) is 1. The molecule has 0 fully saturated rings. The Morgan fingerprint density at radius 2 is 1.05 bits per heavy atom. The molecule has 1 nitrogen and oxygen atoms in total. The average molecular weight is 329 g/mol. The van der Waals surface area contributed by atoms with Crippen LogP contribution in [-0.2, 0) is 11.8 Å². The van der Waals surface area contributed by atoms with Crippen LogP contribution in [-0.4, -0.2) is 12.4 Å². The van der Waals surface area contributed by atoms with Crippen molar-refractivity contribution in [1.29, 1.82) is 0 Å². The van der Waals surface area contributed by atoms with Crippen LogP contribution < -0.4 is 5.73 Å². The van der Waals surface area contributed by atoms with Gasteiger partial charge in [0.2, 0.25) is 0 Å². The van der Waals surface area contributed by atoms with Gasteiger partial charge in [-0.2, -0.15) is 39.5 Å². The normalized spacial score (nSPS) is 14.4. The summed E-state index contributed by atoms with van der Waals surface area (Å²) in [5, 5.41) is 0. The lowest BCUT2D eigenvalue weighted by Crippen LogP contribution is -2.50. The first kappa shape index (κ1) is 17.4. The predicted molar refractivity (Wildman–Crippen MR) is 50.8 cm³/mol. The van der Waals surface area contributed by atoms with Gasteiger partial charge in [0.1, 0.15) is 0 Å². The van der Waals surface area contributed by atoms with Crippen molar-refractivity contribution in [3.63, 3.8) is 0 Å². The summed E-state index contributed by atoms with van der Waals surface area (Å²) < 4.78 is 126. The first-order chi connectivity index (χ1) is 9.14. The largest absolute Gasteiger partial charge is 0.436 e. The summed E-state index contributed by atoms with van der Waals surface area (Å²) in [7, 11) is 0. The maximum absolute atomic E-state index is 13.7. The molecule has 120 valence electrons. The molecule has 0 bridgehead atoms. The Hall–Kier alpha value is -1.68. The van der Waals surface area contributed by atoms with E-state index in [9.17, 15) is 43.9 Å². The van der Waals surface area contributed by atoms with Gasteiger partial charge in [0, 0.05) is 5.56 Å². The minimum Gasteiger partial charge on any atom is -0.398 e. The van der Waals surface area contributed by atoms with Crippen LogP contribution in [0, 0.1) is 0 Å². The number of hydrogen-bond acceptors (Lipinski definition) is 1. The monoisotopic (exact) mass is 329 g/mol. The molecule has 0 heterocycles. The van der Waals surface area contributed by atoms with Crippen molar-refractivity contribution in [2.45, 2.75) is 24.2 Å². The van der Waals surface area contributed by atoms with Gasteiger partial charge >= 0.3 is 24.2 Å². The quantitative estimate of drug-likeness (QED) is 0.592. The van der Waals surface area contributed by atoms with E-state index in [1.165, 1.54) is 0 Å². The van der Waals surface area contributed by atoms with Gasteiger partial charge < -0.3 is 5.73 Å². The molecular formula is C10H5F10N. The maximum atomic E-state index is 13.7. The minimum absolute atomic E-state index is 0.0917. The van der Waals surface area contributed by atoms with Crippen LogP contribution in [0.1, 0.15) is 11.1 Å². The summed E-state index contributed by atoms with van der Waals surface area (Å²) in [6.07, 6.45) is -18.4. The lowest BCUT2D eigenvalue weighted by atomic mass is 9.90. The molecule has 0 saturated heterocycles. The van der Waals surface area contributed by atoms with Crippen molar-refractivity contribution in [2.75, 3.05) is 5.73 Å². The van der Waals surface area contributed by atoms with Crippen molar-refractivity contribution in [2.24, 2.45) is 0 Å². The standard InChI is InChI=1S/C10H5F10N/c11-7(9(15,16)17,10(18,19)20)4-2-1-3-5(6(4)21)8(12,13)14/h1-3H,21H2. The topological polar surface area (TPSA) is 26.0 Å². The third-order valence-electron chi connectivity index (χ3n) is 2.56. The van der Waals surface area contributed by atoms with Gasteiger partial charge in [0.15, 0.2) is 0 Å². The smallest absolute Gasteiger partial charge is 0.398 e. The van der Waals surface area contributed by atoms with Crippen LogP contribution in [0.25, 0.3) is 0 Å². The number of halogens is 10. The number of alkyl halides is 10. The van der Waals surface area contributed by atoms with Gasteiger partial charge in [-0.25, -0.2) is 4.39 Å². The highest BCUT2D eigenvalue weighted by molar-refractivity contribution is 5.58. The van der Waals surface area contributed by atoms with E-state index in [4.69, 9.17) is 0 Å². The molecule has 0 aromatic heterocycles. The molecule has 0 amide bonds. The van der Waals surface area contributed by atoms with E-state index in [1.807, 2.05) is 0 Å². The zero-order valence-electron chi connectivity index (χ0n) is 9.59. The summed E-state index contributed by atoms with van der Waals surface area (Å²) >= 11 is 0. The second-order valence-corrected chi connectivity index (χ2v) is 3.92. The number of nitrogen functional groups attached to an aromatic ring is 1. The van der Waals surface area contributed by atoms with E-state index in [0.29, 0.717) is 0 Å². The molecular weight excluding hydrogens is 324 g/mol. The van der Waals surface area contributed by atoms with Crippen LogP contribution >= 0.6 is 0 Å². The van der Waals surface area contributed by atoms with Gasteiger partial charge in [-0.1, -0.05) is 12.1 Å². The zero-order chi connectivity index (χ0) is 16.9. The van der Waals surface area contributed by atoms with E-state index < -0.39 is 41.0 Å². The van der Waals surface area contributed by atoms with Crippen molar-refractivity contribution in [3.8, 4) is 0 Å². The van der Waals surface area contributed by atoms with Crippen LogP contribution in [0.15, 0.2) is 18.2 Å². The van der Waals surface area contributed by atoms with Gasteiger partial charge in [-0.3, -0.25) is 0 Å². The molecule has 0 spiro atoms. The second-order valence-electron chi connectivity index (χ2n) is 3.92. The van der Waals surface area contributed by atoms with Gasteiger partial charge in [0.25, 0.3) is 0 Å². The van der Waals surface area contributed by atoms with Crippen molar-refractivity contribution in [3.05, 3.63) is 29.3 Å². The van der Waals surface area contributed by atoms with Crippen LogP contribution in [0.2, 0.25) is 0 Å². The Kier molecular flexibility index (Phi) is 3.86. The van der Waals surface area contributed by atoms with E-state index in [-0.39, 0.29) is 18.2 Å². The first-order valence-electron chi connectivity index (χ1n) is 4.92. The molecule has 1 aromatic rings. The molecule has 2 N–H and O–H groups in total. The fourth-order valence-electron chi connectivity index (χ4n) is 1.58. The minimum atomic E-state index is -6.54. The highest BCUT2D eigenvalue weighted by atomic mass is 19.4. The Morgan fingerprint density at radius 1 is 0.667 bits per heavy atom. The summed E-state index contributed by atoms with van der Waals surface area (Å²) in [4.78, 5) is 0. The molecule has 0 unspecified atom stereocenters. The van der Waals surface area contributed by atoms with E-state index in [2.05, 4.69) is 5.73 Å². The first-order valence-corrected chi connectivity index (χ1v) is 4.92. The SMILES string of the molecule is Nc1c(C(F)(F)F)cccc1C(F)(C(F)(F)F)C(F)(F)F. The third kappa shape index (κ3) is 2.72. The Balaban J connectivity index is 3.72. The number of para-hydroxylation sites is 1. The maximum Gasteiger partial charge on any atom is 0.436 e. The molecule has 1 aromatic carbocycles. The van der Waals surface area contributed by atoms with Crippen LogP contribution in [0.4, 0.5) is 49.6 Å². The Labute approximate surface area is 110 Å². The Bertz CT molecular complexity index is 510. The molecule has 0 aliphatic heterocycles. The zero-order valence-corrected chi connectivity index (χ0v) is 9.59. The van der Waals surface area contributed by atoms with Gasteiger partial charge in [-0.15, -0.1) is 0 Å². The fourth-order valence-corrected chi connectivity index (χ4v) is 1.58. The highest BCUT2D eigenvalue weighted by Gasteiger charge is 2.74. The van der Waals surface area contributed by atoms with Crippen LogP contribution in [0.5, 0.6) is 0 Å². The Morgan fingerprint density at radius 3 is 1.38 bits per heavy atom. The summed E-state index contributed by atoms with van der Waals surface area (Å²) in [5.41, 5.74) is -7.63. The van der Waals surface area contributed by atoms with Crippen molar-refractivity contribution in [1.82, 2.24) is 0 Å².